The van der Waals surface area contributed by atoms with Crippen molar-refractivity contribution in [2.45, 2.75) is 61.3 Å². The Hall–Kier alpha value is -2.71. The molecule has 1 fully saturated rings. The summed E-state index contributed by atoms with van der Waals surface area (Å²) in [5.41, 5.74) is 6.48. The average molecular weight is 448 g/mol. The standard InChI is InChI=1S/C22H27N5.C6H14/c1-4-19-7-5-6-8-21(19)27-11-9-26(10-12-27)16-17(2)13-20-15-24-22(14-23)25-18(20)3;1-5-6(2,3)4/h5-8,13,15H,4,9-12,16H2,1-3H3;5H2,1-4H3/b17-13+;. The molecular weight excluding hydrogens is 406 g/mol. The van der Waals surface area contributed by atoms with Crippen molar-refractivity contribution in [2.75, 3.05) is 37.6 Å². The summed E-state index contributed by atoms with van der Waals surface area (Å²) < 4.78 is 0. The van der Waals surface area contributed by atoms with Gasteiger partial charge >= 0.3 is 0 Å². The minimum atomic E-state index is 0.228. The van der Waals surface area contributed by atoms with Gasteiger partial charge in [0, 0.05) is 55.9 Å². The Morgan fingerprint density at radius 2 is 1.76 bits per heavy atom. The van der Waals surface area contributed by atoms with Crippen LogP contribution in [0.2, 0.25) is 0 Å². The highest BCUT2D eigenvalue weighted by molar-refractivity contribution is 5.55. The molecular formula is C28H41N5. The number of rotatable bonds is 5. The second-order valence-corrected chi connectivity index (χ2v) is 10.00. The predicted octanol–water partition coefficient (Wildman–Crippen LogP) is 5.89. The highest BCUT2D eigenvalue weighted by atomic mass is 15.3. The van der Waals surface area contributed by atoms with Gasteiger partial charge in [0.1, 0.15) is 6.07 Å². The van der Waals surface area contributed by atoms with Gasteiger partial charge in [-0.15, -0.1) is 0 Å². The smallest absolute Gasteiger partial charge is 0.232 e. The zero-order valence-electron chi connectivity index (χ0n) is 21.6. The van der Waals surface area contributed by atoms with Crippen molar-refractivity contribution < 1.29 is 0 Å². The van der Waals surface area contributed by atoms with E-state index in [1.165, 1.54) is 23.2 Å². The molecule has 1 saturated heterocycles. The molecule has 0 amide bonds. The maximum absolute atomic E-state index is 8.89. The van der Waals surface area contributed by atoms with E-state index in [9.17, 15) is 0 Å². The second kappa shape index (κ2) is 12.5. The molecule has 2 heterocycles. The van der Waals surface area contributed by atoms with Crippen LogP contribution in [0.1, 0.15) is 70.6 Å². The lowest BCUT2D eigenvalue weighted by Gasteiger charge is -2.37. The molecule has 5 heteroatoms. The number of nitrogens with zero attached hydrogens (tertiary/aromatic N) is 5. The van der Waals surface area contributed by atoms with Crippen molar-refractivity contribution >= 4 is 11.8 Å². The number of nitriles is 1. The van der Waals surface area contributed by atoms with E-state index in [1.54, 1.807) is 6.20 Å². The number of hydrogen-bond acceptors (Lipinski definition) is 5. The summed E-state index contributed by atoms with van der Waals surface area (Å²) in [6.45, 7) is 20.4. The first kappa shape index (κ1) is 26.5. The highest BCUT2D eigenvalue weighted by Gasteiger charge is 2.18. The van der Waals surface area contributed by atoms with E-state index in [1.807, 2.05) is 13.0 Å². The van der Waals surface area contributed by atoms with Crippen LogP contribution in [-0.2, 0) is 6.42 Å². The van der Waals surface area contributed by atoms with Gasteiger partial charge in [-0.3, -0.25) is 4.90 Å². The Morgan fingerprint density at radius 3 is 2.30 bits per heavy atom. The van der Waals surface area contributed by atoms with Gasteiger partial charge < -0.3 is 4.90 Å². The molecule has 0 aliphatic carbocycles. The number of para-hydroxylation sites is 1. The van der Waals surface area contributed by atoms with E-state index in [4.69, 9.17) is 5.26 Å². The van der Waals surface area contributed by atoms with Crippen molar-refractivity contribution in [1.29, 1.82) is 5.26 Å². The molecule has 0 atom stereocenters. The van der Waals surface area contributed by atoms with Gasteiger partial charge in [0.05, 0.1) is 0 Å². The molecule has 1 aromatic heterocycles. The number of piperazine rings is 1. The fraction of sp³-hybridized carbons (Fsp3) is 0.536. The number of hydrogen-bond donors (Lipinski definition) is 0. The van der Waals surface area contributed by atoms with Crippen LogP contribution in [0.25, 0.3) is 6.08 Å². The van der Waals surface area contributed by atoms with Crippen molar-refractivity contribution in [2.24, 2.45) is 5.41 Å². The zero-order chi connectivity index (χ0) is 24.4. The molecule has 33 heavy (non-hydrogen) atoms. The van der Waals surface area contributed by atoms with Gasteiger partial charge in [-0.25, -0.2) is 9.97 Å². The van der Waals surface area contributed by atoms with Gasteiger partial charge in [-0.2, -0.15) is 5.26 Å². The molecule has 178 valence electrons. The van der Waals surface area contributed by atoms with E-state index in [0.29, 0.717) is 5.41 Å². The Balaban J connectivity index is 0.000000569. The minimum Gasteiger partial charge on any atom is -0.369 e. The zero-order valence-corrected chi connectivity index (χ0v) is 21.6. The Labute approximate surface area is 201 Å². The Bertz CT molecular complexity index is 957. The Morgan fingerprint density at radius 1 is 1.12 bits per heavy atom. The molecule has 5 nitrogen and oxygen atoms in total. The molecule has 3 rings (SSSR count). The number of aryl methyl sites for hydroxylation is 2. The van der Waals surface area contributed by atoms with E-state index in [-0.39, 0.29) is 5.82 Å². The second-order valence-electron chi connectivity index (χ2n) is 10.00. The third-order valence-corrected chi connectivity index (χ3v) is 6.14. The summed E-state index contributed by atoms with van der Waals surface area (Å²) in [4.78, 5) is 13.3. The summed E-state index contributed by atoms with van der Waals surface area (Å²) in [7, 11) is 0. The maximum Gasteiger partial charge on any atom is 0.232 e. The third kappa shape index (κ3) is 8.63. The van der Waals surface area contributed by atoms with Crippen LogP contribution in [0.3, 0.4) is 0 Å². The molecule has 0 saturated carbocycles. The van der Waals surface area contributed by atoms with E-state index >= 15 is 0 Å². The SMILES string of the molecule is CCC(C)(C)C.CCc1ccccc1N1CCN(C/C(C)=C/c2cnc(C#N)nc2C)CC1. The highest BCUT2D eigenvalue weighted by Crippen LogP contribution is 2.22. The van der Waals surface area contributed by atoms with Crippen LogP contribution >= 0.6 is 0 Å². The topological polar surface area (TPSA) is 56.0 Å². The number of benzene rings is 1. The van der Waals surface area contributed by atoms with Crippen LogP contribution in [0.5, 0.6) is 0 Å². The molecule has 0 bridgehead atoms. The fourth-order valence-corrected chi connectivity index (χ4v) is 3.60. The lowest BCUT2D eigenvalue weighted by atomic mass is 9.94. The fourth-order valence-electron chi connectivity index (χ4n) is 3.60. The van der Waals surface area contributed by atoms with Crippen LogP contribution in [0.4, 0.5) is 5.69 Å². The van der Waals surface area contributed by atoms with Crippen LogP contribution in [-0.4, -0.2) is 47.6 Å². The van der Waals surface area contributed by atoms with E-state index in [2.05, 4.69) is 91.7 Å². The molecule has 2 aromatic rings. The first-order valence-corrected chi connectivity index (χ1v) is 12.1. The average Bonchev–Trinajstić information content (AvgIpc) is 2.80. The van der Waals surface area contributed by atoms with Gasteiger partial charge in [0.2, 0.25) is 5.82 Å². The van der Waals surface area contributed by atoms with Gasteiger partial charge in [0.25, 0.3) is 0 Å². The van der Waals surface area contributed by atoms with Crippen molar-refractivity contribution in [1.82, 2.24) is 14.9 Å². The molecule has 0 unspecified atom stereocenters. The van der Waals surface area contributed by atoms with Gasteiger partial charge in [-0.05, 0) is 37.3 Å². The maximum atomic E-state index is 8.89. The molecule has 1 aliphatic rings. The number of aromatic nitrogens is 2. The van der Waals surface area contributed by atoms with Crippen LogP contribution in [0, 0.1) is 23.7 Å². The van der Waals surface area contributed by atoms with Crippen LogP contribution < -0.4 is 4.90 Å². The first-order chi connectivity index (χ1) is 15.7. The normalized spacial score (nSPS) is 15.0. The predicted molar refractivity (Wildman–Crippen MR) is 139 cm³/mol. The molecule has 1 aliphatic heterocycles. The quantitative estimate of drug-likeness (QED) is 0.572. The monoisotopic (exact) mass is 447 g/mol. The molecule has 1 aromatic carbocycles. The molecule has 0 spiro atoms. The third-order valence-electron chi connectivity index (χ3n) is 6.14. The summed E-state index contributed by atoms with van der Waals surface area (Å²) in [5.74, 6) is 0.228. The summed E-state index contributed by atoms with van der Waals surface area (Å²) in [6.07, 6.45) is 6.22. The summed E-state index contributed by atoms with van der Waals surface area (Å²) >= 11 is 0. The summed E-state index contributed by atoms with van der Waals surface area (Å²) in [5, 5.41) is 8.89. The summed E-state index contributed by atoms with van der Waals surface area (Å²) in [6, 6.07) is 10.7. The van der Waals surface area contributed by atoms with Crippen molar-refractivity contribution in [3.05, 3.63) is 58.7 Å². The van der Waals surface area contributed by atoms with Crippen molar-refractivity contribution in [3.63, 3.8) is 0 Å². The molecule has 0 N–H and O–H groups in total. The minimum absolute atomic E-state index is 0.228. The van der Waals surface area contributed by atoms with Gasteiger partial charge in [-0.1, -0.05) is 70.9 Å². The largest absolute Gasteiger partial charge is 0.369 e. The Kier molecular flexibility index (Phi) is 10.1. The van der Waals surface area contributed by atoms with E-state index < -0.39 is 0 Å². The molecule has 0 radical (unpaired) electrons. The number of anilines is 1. The van der Waals surface area contributed by atoms with E-state index in [0.717, 1.165) is 50.4 Å². The van der Waals surface area contributed by atoms with Gasteiger partial charge in [0.15, 0.2) is 0 Å². The lowest BCUT2D eigenvalue weighted by molar-refractivity contribution is 0.278. The van der Waals surface area contributed by atoms with Crippen molar-refractivity contribution in [3.8, 4) is 6.07 Å². The lowest BCUT2D eigenvalue weighted by Crippen LogP contribution is -2.47. The van der Waals surface area contributed by atoms with Crippen LogP contribution in [0.15, 0.2) is 36.0 Å². The first-order valence-electron chi connectivity index (χ1n) is 12.1.